The fourth-order valence-electron chi connectivity index (χ4n) is 4.46. The van der Waals surface area contributed by atoms with Crippen LogP contribution in [0.5, 0.6) is 0 Å². The fraction of sp³-hybridized carbons (Fsp3) is 0.333. The molecule has 174 valence electrons. The lowest BCUT2D eigenvalue weighted by molar-refractivity contribution is -0.115. The van der Waals surface area contributed by atoms with Gasteiger partial charge in [0, 0.05) is 23.4 Å². The van der Waals surface area contributed by atoms with Gasteiger partial charge in [0.25, 0.3) is 5.91 Å². The lowest BCUT2D eigenvalue weighted by atomic mass is 9.90. The van der Waals surface area contributed by atoms with Crippen LogP contribution in [0.1, 0.15) is 42.7 Å². The maximum atomic E-state index is 12.0. The molecule has 0 spiro atoms. The summed E-state index contributed by atoms with van der Waals surface area (Å²) in [4.78, 5) is 28.2. The SMILES string of the molecule is O=C1NC(=O)/C(=C/c2cnn3c(NC4CC4)cc(Nc4ccc(C5CCNCC5)cc4)nc23)N1. The van der Waals surface area contributed by atoms with Gasteiger partial charge < -0.3 is 21.3 Å². The number of amides is 3. The van der Waals surface area contributed by atoms with Gasteiger partial charge in [0.05, 0.1) is 6.20 Å². The van der Waals surface area contributed by atoms with Crippen LogP contribution in [0.25, 0.3) is 11.7 Å². The van der Waals surface area contributed by atoms with Crippen molar-refractivity contribution >= 4 is 41.0 Å². The number of carbonyl (C=O) groups is 2. The van der Waals surface area contributed by atoms with Crippen molar-refractivity contribution in [2.45, 2.75) is 37.6 Å². The highest BCUT2D eigenvalue weighted by Crippen LogP contribution is 2.30. The minimum absolute atomic E-state index is 0.172. The molecule has 0 unspecified atom stereocenters. The molecule has 0 atom stereocenters. The molecule has 10 nitrogen and oxygen atoms in total. The molecule has 34 heavy (non-hydrogen) atoms. The Bertz CT molecular complexity index is 1290. The van der Waals surface area contributed by atoms with Gasteiger partial charge in [-0.15, -0.1) is 0 Å². The second kappa shape index (κ2) is 8.45. The van der Waals surface area contributed by atoms with E-state index in [1.807, 2.05) is 6.07 Å². The van der Waals surface area contributed by atoms with Gasteiger partial charge in [-0.2, -0.15) is 9.61 Å². The van der Waals surface area contributed by atoms with Crippen LogP contribution < -0.4 is 26.6 Å². The van der Waals surface area contributed by atoms with E-state index in [2.05, 4.69) is 55.9 Å². The quantitative estimate of drug-likeness (QED) is 0.284. The normalized spacial score (nSPS) is 19.9. The number of benzene rings is 1. The van der Waals surface area contributed by atoms with Crippen LogP contribution in [0.2, 0.25) is 0 Å². The minimum atomic E-state index is -0.535. The molecule has 2 aromatic heterocycles. The minimum Gasteiger partial charge on any atom is -0.367 e. The molecule has 3 amide bonds. The zero-order chi connectivity index (χ0) is 23.1. The third-order valence-corrected chi connectivity index (χ3v) is 6.44. The van der Waals surface area contributed by atoms with Crippen LogP contribution >= 0.6 is 0 Å². The van der Waals surface area contributed by atoms with E-state index in [1.165, 1.54) is 18.4 Å². The Balaban J connectivity index is 1.31. The topological polar surface area (TPSA) is 124 Å². The van der Waals surface area contributed by atoms with Crippen LogP contribution in [0.3, 0.4) is 0 Å². The maximum absolute atomic E-state index is 12.0. The number of rotatable bonds is 6. The number of aromatic nitrogens is 3. The van der Waals surface area contributed by atoms with E-state index in [1.54, 1.807) is 16.8 Å². The fourth-order valence-corrected chi connectivity index (χ4v) is 4.46. The summed E-state index contributed by atoms with van der Waals surface area (Å²) in [5, 5.41) is 19.5. The molecule has 10 heteroatoms. The molecular weight excluding hydrogens is 432 g/mol. The Morgan fingerprint density at radius 2 is 1.82 bits per heavy atom. The average molecular weight is 459 g/mol. The van der Waals surface area contributed by atoms with E-state index in [0.717, 1.165) is 37.4 Å². The van der Waals surface area contributed by atoms with E-state index >= 15 is 0 Å². The Kier molecular flexibility index (Phi) is 5.14. The molecule has 3 aromatic rings. The predicted octanol–water partition coefficient (Wildman–Crippen LogP) is 2.69. The first-order valence-corrected chi connectivity index (χ1v) is 11.7. The monoisotopic (exact) mass is 458 g/mol. The van der Waals surface area contributed by atoms with Crippen molar-refractivity contribution in [2.24, 2.45) is 0 Å². The molecule has 6 rings (SSSR count). The number of carbonyl (C=O) groups excluding carboxylic acids is 2. The summed E-state index contributed by atoms with van der Waals surface area (Å²) in [6, 6.07) is 10.4. The molecule has 0 bridgehead atoms. The predicted molar refractivity (Wildman–Crippen MR) is 129 cm³/mol. The zero-order valence-electron chi connectivity index (χ0n) is 18.6. The largest absolute Gasteiger partial charge is 0.367 e. The van der Waals surface area contributed by atoms with Crippen molar-refractivity contribution < 1.29 is 9.59 Å². The highest BCUT2D eigenvalue weighted by atomic mass is 16.2. The summed E-state index contributed by atoms with van der Waals surface area (Å²) in [6.07, 6.45) is 7.80. The molecule has 1 saturated carbocycles. The van der Waals surface area contributed by atoms with Gasteiger partial charge in [0.1, 0.15) is 17.3 Å². The van der Waals surface area contributed by atoms with E-state index in [9.17, 15) is 9.59 Å². The molecule has 4 heterocycles. The van der Waals surface area contributed by atoms with Gasteiger partial charge in [-0.3, -0.25) is 10.1 Å². The second-order valence-electron chi connectivity index (χ2n) is 9.02. The molecule has 5 N–H and O–H groups in total. The number of nitrogens with zero attached hydrogens (tertiary/aromatic N) is 3. The Labute approximate surface area is 196 Å². The van der Waals surface area contributed by atoms with Gasteiger partial charge in [-0.05, 0) is 68.5 Å². The highest BCUT2D eigenvalue weighted by Gasteiger charge is 2.25. The van der Waals surface area contributed by atoms with Crippen molar-refractivity contribution in [3.05, 3.63) is 53.4 Å². The first-order chi connectivity index (χ1) is 16.6. The number of anilines is 3. The third kappa shape index (κ3) is 4.19. The first-order valence-electron chi connectivity index (χ1n) is 11.7. The number of nitrogens with one attached hydrogen (secondary N) is 5. The van der Waals surface area contributed by atoms with Crippen molar-refractivity contribution in [1.82, 2.24) is 30.5 Å². The standard InChI is InChI=1S/C24H26N8O2/c33-23-19(29-24(34)31-23)11-16-13-26-32-21(28-18-5-6-18)12-20(30-22(16)32)27-17-3-1-14(2-4-17)15-7-9-25-10-8-15/h1-4,11-13,15,18,25,28H,5-10H2,(H,27,30)(H2,29,31,33,34)/b19-11-. The number of imide groups is 1. The van der Waals surface area contributed by atoms with E-state index in [0.29, 0.717) is 29.0 Å². The summed E-state index contributed by atoms with van der Waals surface area (Å²) >= 11 is 0. The smallest absolute Gasteiger partial charge is 0.326 e. The van der Waals surface area contributed by atoms with Crippen LogP contribution in [0.4, 0.5) is 22.1 Å². The lowest BCUT2D eigenvalue weighted by Crippen LogP contribution is -2.26. The molecule has 3 fully saturated rings. The second-order valence-corrected chi connectivity index (χ2v) is 9.02. The average Bonchev–Trinajstić information content (AvgIpc) is 3.48. The zero-order valence-corrected chi connectivity index (χ0v) is 18.6. The Morgan fingerprint density at radius 1 is 1.03 bits per heavy atom. The van der Waals surface area contributed by atoms with Gasteiger partial charge in [-0.25, -0.2) is 9.78 Å². The number of piperidine rings is 1. The van der Waals surface area contributed by atoms with Crippen LogP contribution in [-0.4, -0.2) is 45.7 Å². The van der Waals surface area contributed by atoms with Crippen LogP contribution in [0.15, 0.2) is 42.2 Å². The first kappa shape index (κ1) is 20.7. The van der Waals surface area contributed by atoms with Crippen molar-refractivity contribution in [1.29, 1.82) is 0 Å². The van der Waals surface area contributed by atoms with E-state index in [-0.39, 0.29) is 5.70 Å². The van der Waals surface area contributed by atoms with Gasteiger partial charge >= 0.3 is 6.03 Å². The number of urea groups is 1. The van der Waals surface area contributed by atoms with Crippen LogP contribution in [0, 0.1) is 0 Å². The number of fused-ring (bicyclic) bond motifs is 1. The molecule has 0 radical (unpaired) electrons. The molecule has 2 saturated heterocycles. The lowest BCUT2D eigenvalue weighted by Gasteiger charge is -2.23. The molecule has 1 aliphatic carbocycles. The summed E-state index contributed by atoms with van der Waals surface area (Å²) in [6.45, 7) is 2.14. The van der Waals surface area contributed by atoms with Crippen molar-refractivity contribution in [2.75, 3.05) is 23.7 Å². The van der Waals surface area contributed by atoms with Gasteiger partial charge in [0.15, 0.2) is 5.65 Å². The van der Waals surface area contributed by atoms with E-state index < -0.39 is 11.9 Å². The summed E-state index contributed by atoms with van der Waals surface area (Å²) in [7, 11) is 0. The summed E-state index contributed by atoms with van der Waals surface area (Å²) < 4.78 is 1.73. The number of hydrogen-bond acceptors (Lipinski definition) is 7. The Morgan fingerprint density at radius 3 is 2.53 bits per heavy atom. The Hall–Kier alpha value is -3.92. The van der Waals surface area contributed by atoms with Gasteiger partial charge in [0.2, 0.25) is 0 Å². The molecule has 1 aromatic carbocycles. The van der Waals surface area contributed by atoms with Gasteiger partial charge in [-0.1, -0.05) is 12.1 Å². The molecule has 3 aliphatic rings. The van der Waals surface area contributed by atoms with Crippen molar-refractivity contribution in [3.8, 4) is 0 Å². The van der Waals surface area contributed by atoms with Crippen LogP contribution in [-0.2, 0) is 4.79 Å². The third-order valence-electron chi connectivity index (χ3n) is 6.44. The molecule has 2 aliphatic heterocycles. The highest BCUT2D eigenvalue weighted by molar-refractivity contribution is 6.14. The molecular formula is C24H26N8O2. The summed E-state index contributed by atoms with van der Waals surface area (Å²) in [5.74, 6) is 1.63. The summed E-state index contributed by atoms with van der Waals surface area (Å²) in [5.41, 5.74) is 3.71. The van der Waals surface area contributed by atoms with E-state index in [4.69, 9.17) is 4.98 Å². The number of hydrogen-bond donors (Lipinski definition) is 5. The van der Waals surface area contributed by atoms with Crippen molar-refractivity contribution in [3.63, 3.8) is 0 Å². The maximum Gasteiger partial charge on any atom is 0.326 e.